The topological polar surface area (TPSA) is 51.6 Å². The van der Waals surface area contributed by atoms with E-state index < -0.39 is 28.9 Å². The maximum absolute atomic E-state index is 14.4. The first-order valence-corrected chi connectivity index (χ1v) is 9.17. The van der Waals surface area contributed by atoms with Crippen molar-refractivity contribution in [3.05, 3.63) is 95.8 Å². The zero-order valence-corrected chi connectivity index (χ0v) is 19.0. The van der Waals surface area contributed by atoms with E-state index in [1.165, 1.54) is 24.5 Å². The predicted octanol–water partition coefficient (Wildman–Crippen LogP) is 5.08. The molecule has 0 aliphatic carbocycles. The Hall–Kier alpha value is -2.99. The average Bonchev–Trinajstić information content (AvgIpc) is 2.73. The number of pyridine rings is 4. The van der Waals surface area contributed by atoms with Gasteiger partial charge in [0.15, 0.2) is 0 Å². The maximum Gasteiger partial charge on any atom is 2.00 e. The molecule has 4 heterocycles. The Morgan fingerprint density at radius 1 is 0.688 bits per heavy atom. The van der Waals surface area contributed by atoms with E-state index in [0.29, 0.717) is 0 Å². The molecule has 4 nitrogen and oxygen atoms in total. The van der Waals surface area contributed by atoms with Gasteiger partial charge in [-0.1, -0.05) is 23.5 Å². The molecular formula is C23H14F4N4Pt. The van der Waals surface area contributed by atoms with Gasteiger partial charge in [0, 0.05) is 16.8 Å². The molecule has 0 aromatic carbocycles. The van der Waals surface area contributed by atoms with Gasteiger partial charge in [0.2, 0.25) is 0 Å². The van der Waals surface area contributed by atoms with Gasteiger partial charge in [-0.05, 0) is 49.5 Å². The van der Waals surface area contributed by atoms with Crippen molar-refractivity contribution in [3.63, 3.8) is 0 Å². The minimum Gasteiger partial charge on any atom is -0.326 e. The third kappa shape index (κ3) is 4.60. The minimum absolute atomic E-state index is 0. The van der Waals surface area contributed by atoms with Crippen LogP contribution in [-0.2, 0) is 26.5 Å². The van der Waals surface area contributed by atoms with Crippen molar-refractivity contribution in [1.82, 2.24) is 19.9 Å². The van der Waals surface area contributed by atoms with E-state index >= 15 is 0 Å². The van der Waals surface area contributed by atoms with Crippen LogP contribution < -0.4 is 0 Å². The zero-order valence-electron chi connectivity index (χ0n) is 16.7. The molecule has 4 rings (SSSR count). The Bertz CT molecular complexity index is 1180. The second-order valence-corrected chi connectivity index (χ2v) is 7.25. The Balaban J connectivity index is 0.00000289. The van der Waals surface area contributed by atoms with Crippen molar-refractivity contribution < 1.29 is 38.6 Å². The summed E-state index contributed by atoms with van der Waals surface area (Å²) in [5, 5.41) is 0. The molecule has 0 aliphatic heterocycles. The van der Waals surface area contributed by atoms with Gasteiger partial charge < -0.3 is 9.97 Å². The fourth-order valence-electron chi connectivity index (χ4n) is 3.08. The molecule has 0 bridgehead atoms. The Kier molecular flexibility index (Phi) is 6.84. The Morgan fingerprint density at radius 3 is 1.47 bits per heavy atom. The average molecular weight is 617 g/mol. The number of aromatic nitrogens is 4. The molecule has 0 unspecified atom stereocenters. The Labute approximate surface area is 196 Å². The molecule has 0 saturated heterocycles. The first-order chi connectivity index (χ1) is 14.8. The van der Waals surface area contributed by atoms with Crippen LogP contribution in [0.3, 0.4) is 0 Å². The van der Waals surface area contributed by atoms with Gasteiger partial charge in [-0.25, -0.2) is 17.6 Å². The largest absolute Gasteiger partial charge is 2.00 e. The van der Waals surface area contributed by atoms with Gasteiger partial charge in [0.05, 0.1) is 0 Å². The van der Waals surface area contributed by atoms with Crippen LogP contribution in [0.25, 0.3) is 22.5 Å². The first-order valence-electron chi connectivity index (χ1n) is 9.17. The van der Waals surface area contributed by atoms with Crippen LogP contribution in [0.4, 0.5) is 17.6 Å². The zero-order chi connectivity index (χ0) is 22.2. The van der Waals surface area contributed by atoms with Crippen molar-refractivity contribution in [2.75, 3.05) is 0 Å². The van der Waals surface area contributed by atoms with Gasteiger partial charge >= 0.3 is 21.1 Å². The minimum atomic E-state index is -1.12. The molecule has 0 saturated carbocycles. The molecule has 0 amide bonds. The van der Waals surface area contributed by atoms with Crippen molar-refractivity contribution in [1.29, 1.82) is 0 Å². The quantitative estimate of drug-likeness (QED) is 0.182. The summed E-state index contributed by atoms with van der Waals surface area (Å²) in [7, 11) is 0. The fraction of sp³-hybridized carbons (Fsp3) is 0.130. The SMILES string of the molecule is CC(C)(c1cc(F)cc(-c2[c-]ccnc2F)n1)c1cc(F)cc(-c2[c-]ccnc2F)n1.[Pt+2]. The van der Waals surface area contributed by atoms with Crippen molar-refractivity contribution in [2.24, 2.45) is 0 Å². The van der Waals surface area contributed by atoms with E-state index in [1.54, 1.807) is 13.8 Å². The van der Waals surface area contributed by atoms with Crippen molar-refractivity contribution >= 4 is 0 Å². The first kappa shape index (κ1) is 23.7. The number of hydrogen-bond acceptors (Lipinski definition) is 4. The summed E-state index contributed by atoms with van der Waals surface area (Å²) in [5.41, 5.74) is -1.02. The molecule has 0 spiro atoms. The Morgan fingerprint density at radius 2 is 1.09 bits per heavy atom. The second kappa shape index (κ2) is 9.25. The molecule has 0 aliphatic rings. The second-order valence-electron chi connectivity index (χ2n) is 7.25. The van der Waals surface area contributed by atoms with Crippen LogP contribution in [-0.4, -0.2) is 19.9 Å². The van der Waals surface area contributed by atoms with E-state index in [4.69, 9.17) is 0 Å². The molecule has 164 valence electrons. The summed E-state index contributed by atoms with van der Waals surface area (Å²) in [6.07, 6.45) is 2.44. The molecule has 4 aromatic rings. The summed E-state index contributed by atoms with van der Waals surface area (Å²) in [5.74, 6) is -3.04. The summed E-state index contributed by atoms with van der Waals surface area (Å²) in [6, 6.07) is 12.5. The molecule has 32 heavy (non-hydrogen) atoms. The van der Waals surface area contributed by atoms with E-state index in [-0.39, 0.29) is 55.0 Å². The third-order valence-electron chi connectivity index (χ3n) is 4.77. The normalized spacial score (nSPS) is 11.2. The monoisotopic (exact) mass is 617 g/mol. The predicted molar refractivity (Wildman–Crippen MR) is 105 cm³/mol. The molecule has 0 radical (unpaired) electrons. The van der Waals surface area contributed by atoms with Crippen LogP contribution in [0.2, 0.25) is 0 Å². The summed E-state index contributed by atoms with van der Waals surface area (Å²) >= 11 is 0. The molecular weight excluding hydrogens is 603 g/mol. The van der Waals surface area contributed by atoms with Gasteiger partial charge in [-0.3, -0.25) is 9.97 Å². The van der Waals surface area contributed by atoms with Crippen LogP contribution in [0.1, 0.15) is 25.2 Å². The number of nitrogens with zero attached hydrogens (tertiary/aromatic N) is 4. The van der Waals surface area contributed by atoms with Crippen molar-refractivity contribution in [2.45, 2.75) is 19.3 Å². The van der Waals surface area contributed by atoms with Crippen molar-refractivity contribution in [3.8, 4) is 22.5 Å². The van der Waals surface area contributed by atoms with E-state index in [9.17, 15) is 17.6 Å². The van der Waals surface area contributed by atoms with Crippen LogP contribution in [0.5, 0.6) is 0 Å². The van der Waals surface area contributed by atoms with Crippen LogP contribution >= 0.6 is 0 Å². The molecule has 0 fully saturated rings. The number of hydrogen-bond donors (Lipinski definition) is 0. The summed E-state index contributed by atoms with van der Waals surface area (Å²) in [6.45, 7) is 3.30. The van der Waals surface area contributed by atoms with E-state index in [0.717, 1.165) is 24.3 Å². The van der Waals surface area contributed by atoms with Gasteiger partial charge in [-0.15, -0.1) is 24.3 Å². The molecule has 9 heteroatoms. The van der Waals surface area contributed by atoms with Gasteiger partial charge in [0.25, 0.3) is 0 Å². The van der Waals surface area contributed by atoms with Crippen LogP contribution in [0, 0.1) is 35.7 Å². The van der Waals surface area contributed by atoms with E-state index in [2.05, 4.69) is 32.1 Å². The molecule has 4 aromatic heterocycles. The fourth-order valence-corrected chi connectivity index (χ4v) is 3.08. The third-order valence-corrected chi connectivity index (χ3v) is 4.77. The maximum atomic E-state index is 14.4. The van der Waals surface area contributed by atoms with Crippen LogP contribution in [0.15, 0.2) is 48.8 Å². The van der Waals surface area contributed by atoms with Gasteiger partial charge in [0.1, 0.15) is 23.5 Å². The molecule has 0 atom stereocenters. The summed E-state index contributed by atoms with van der Waals surface area (Å²) < 4.78 is 57.0. The molecule has 0 N–H and O–H groups in total. The smallest absolute Gasteiger partial charge is 0.326 e. The number of halogens is 4. The van der Waals surface area contributed by atoms with Gasteiger partial charge in [-0.2, -0.15) is 0 Å². The standard InChI is InChI=1S/C23H14F4N4.Pt/c1-23(2,19-11-13(24)9-17(30-19)15-5-3-7-28-21(15)26)20-12-14(25)10-18(31-20)16-6-4-8-29-22(16)27;/h3-4,7-12H,1-2H3;/q-2;+2. The summed E-state index contributed by atoms with van der Waals surface area (Å²) in [4.78, 5) is 15.8. The number of rotatable bonds is 4. The van der Waals surface area contributed by atoms with E-state index in [1.807, 2.05) is 0 Å².